The monoisotopic (exact) mass is 1730 g/mol. The number of primary amides is 1. The number of ether oxygens (including phenoxy) is 7. The number of unbranched alkanes of at least 4 members (excludes halogenated alkanes) is 1. The van der Waals surface area contributed by atoms with E-state index >= 15 is 14.4 Å². The molecule has 7 aliphatic heterocycles. The number of nitrogens with zero attached hydrogens (tertiary/aromatic N) is 1. The van der Waals surface area contributed by atoms with Gasteiger partial charge in [0.15, 0.2) is 29.9 Å². The van der Waals surface area contributed by atoms with Crippen LogP contribution in [-0.2, 0) is 59.1 Å². The van der Waals surface area contributed by atoms with Crippen molar-refractivity contribution in [3.8, 4) is 62.9 Å². The molecule has 18 atom stereocenters. The first-order chi connectivity index (χ1) is 58.0. The van der Waals surface area contributed by atoms with Crippen LogP contribution in [0.1, 0.15) is 141 Å². The zero-order valence-electron chi connectivity index (χ0n) is 66.4. The number of likely N-dealkylation sites (N-methyl/N-ethyl adjacent to an activating group) is 1. The number of benzene rings is 6. The molecule has 8 heterocycles. The number of nitrogens with one attached hydrogen (secondary N) is 9. The van der Waals surface area contributed by atoms with Crippen LogP contribution in [0.2, 0.25) is 10.0 Å². The molecule has 3 unspecified atom stereocenters. The van der Waals surface area contributed by atoms with Crippen molar-refractivity contribution in [2.45, 2.75) is 183 Å². The molecule has 0 saturated carbocycles. The molecule has 1 aromatic heterocycles. The number of carboxylic acid groups (broad SMARTS) is 1. The standard InChI is InChI=1S/C83H93Cl2N11O26/c1-7-8-19-116-45-14-12-43(13-15-45)90-74(107)42-21-37(31-88-33-42)32-89-83(5)30-60(117-36(4)73(83)106)121-72-70(105)69(104)58(34-97)120-82(72)122-71-56-25-41-26-57(71)119-55-18-11-40(24-49(55)85)68(103)66-80(113)94-64(81(114)115)47-27-44(98)28-53(100)61(47)46-22-38(9-16-52(46)99)62(77(110)96-66)93-78(111)63(41)92-76(109)51(29-59(86)101)91-79(112)65(95-75(108)50(87-6)20-35(2)3)67(102)39-10-17-54(118-56)48(84)23-39/h9-18,21-28,31,33,35-36,50-51,58,60,62-70,72-73,82,87,89,97-100,102-106H,7-8,19-20,29-30,32,34H2,1-6H3,(H2,86,101)(H,90,107)(H,91,112)(H,92,109)(H,93,111)(H,94,113)(H,95,108)(H,96,110)(H,114,115)/t36-,50+,51-,58+,60-,62?,63?,64+,65+,66-,67+,68+,69+,70-,72+,73+,82?,83-/m0/s1. The number of carboxylic acids is 1. The lowest BCUT2D eigenvalue weighted by Crippen LogP contribution is -2.65. The number of aliphatic hydroxyl groups excluding tert-OH is 6. The first kappa shape index (κ1) is 89.7. The molecule has 122 heavy (non-hydrogen) atoms. The highest BCUT2D eigenvalue weighted by Crippen LogP contribution is 2.50. The van der Waals surface area contributed by atoms with E-state index in [1.807, 2.05) is 20.8 Å². The average Bonchev–Trinajstić information content (AvgIpc) is 0.766. The molecule has 2 fully saturated rings. The van der Waals surface area contributed by atoms with Gasteiger partial charge in [0.05, 0.1) is 53.5 Å². The molecule has 0 aliphatic carbocycles. The summed E-state index contributed by atoms with van der Waals surface area (Å²) in [5, 5.41) is 140. The van der Waals surface area contributed by atoms with Crippen molar-refractivity contribution in [1.29, 1.82) is 0 Å². The summed E-state index contributed by atoms with van der Waals surface area (Å²) in [6.45, 7) is 8.34. The summed E-state index contributed by atoms with van der Waals surface area (Å²) < 4.78 is 45.2. The largest absolute Gasteiger partial charge is 0.508 e. The Kier molecular flexibility index (Phi) is 28.1. The number of rotatable bonds is 22. The highest BCUT2D eigenvalue weighted by molar-refractivity contribution is 6.32. The number of carbonyl (C=O) groups is 9. The van der Waals surface area contributed by atoms with Crippen LogP contribution in [0, 0.1) is 5.92 Å². The number of amides is 8. The van der Waals surface area contributed by atoms with Crippen molar-refractivity contribution < 1.29 is 127 Å². The van der Waals surface area contributed by atoms with Crippen molar-refractivity contribution >= 4 is 82.1 Å². The smallest absolute Gasteiger partial charge is 0.330 e. The van der Waals surface area contributed by atoms with Crippen molar-refractivity contribution in [1.82, 2.24) is 47.5 Å². The van der Waals surface area contributed by atoms with E-state index in [0.29, 0.717) is 23.6 Å². The zero-order valence-corrected chi connectivity index (χ0v) is 67.9. The van der Waals surface area contributed by atoms with Gasteiger partial charge in [-0.15, -0.1) is 0 Å². The van der Waals surface area contributed by atoms with Crippen molar-refractivity contribution in [2.24, 2.45) is 11.7 Å². The van der Waals surface area contributed by atoms with Crippen LogP contribution in [0.4, 0.5) is 5.69 Å². The van der Waals surface area contributed by atoms with Crippen molar-refractivity contribution in [3.05, 3.63) is 171 Å². The lowest BCUT2D eigenvalue weighted by Gasteiger charge is -2.48. The number of aliphatic hydroxyl groups is 6. The van der Waals surface area contributed by atoms with Gasteiger partial charge in [-0.3, -0.25) is 43.3 Å². The normalized spacial score (nSPS) is 26.3. The number of aromatic nitrogens is 1. The van der Waals surface area contributed by atoms with E-state index in [1.165, 1.54) is 38.5 Å². The van der Waals surface area contributed by atoms with Gasteiger partial charge in [-0.05, 0) is 152 Å². The summed E-state index contributed by atoms with van der Waals surface area (Å²) in [7, 11) is 1.47. The Labute approximate surface area is 706 Å². The minimum absolute atomic E-state index is 0.0208. The number of fused-ring (bicyclic) bond motifs is 15. The van der Waals surface area contributed by atoms with E-state index in [2.05, 4.69) is 52.8 Å². The molecular formula is C83H93Cl2N11O26. The first-order valence-electron chi connectivity index (χ1n) is 38.9. The van der Waals surface area contributed by atoms with E-state index in [0.717, 1.165) is 79.6 Å². The quantitative estimate of drug-likeness (QED) is 0.0429. The number of halogens is 2. The Morgan fingerprint density at radius 2 is 1.36 bits per heavy atom. The Balaban J connectivity index is 1.00. The maximum atomic E-state index is 16.2. The SMILES string of the molecule is CCCCOc1ccc(NC(=O)c2cncc(CN[C@@]3(C)C[C@H](O[C@H]4C(Oc5c6cc7cc5Oc5ccc(cc5Cl)[C@@H](O)[C@@H](NC(=O)[C@@H](CC(C)C)NC)C(=O)N[C@@H](CC(N)=O)C(=O)NC7C(=O)NC5C(=O)N[C@H](C(=O)N[C@@H](C(=O)O)c7cc(O)cc(O)c7-c7cc5ccc7O)[C@H](O)c5ccc(c(Cl)c5)O6)O[C@H](CO)[C@@H](O)[C@@H]4O)O[C@@H](C)[C@H]3O)c2)cc1. The molecule has 14 rings (SSSR count). The molecule has 37 nitrogen and oxygen atoms in total. The third-order valence-corrected chi connectivity index (χ3v) is 22.0. The highest BCUT2D eigenvalue weighted by atomic mass is 35.5. The van der Waals surface area contributed by atoms with Crippen LogP contribution >= 0.6 is 23.2 Å². The Hall–Kier alpha value is -11.6. The number of hydrogen-bond acceptors (Lipinski definition) is 28. The first-order valence-corrected chi connectivity index (χ1v) is 39.7. The van der Waals surface area contributed by atoms with E-state index in [4.69, 9.17) is 62.1 Å². The molecule has 11 bridgehead atoms. The fourth-order valence-corrected chi connectivity index (χ4v) is 15.3. The Morgan fingerprint density at radius 1 is 0.713 bits per heavy atom. The molecule has 2 saturated heterocycles. The zero-order chi connectivity index (χ0) is 88.0. The topological polar surface area (TPSA) is 568 Å². The molecule has 650 valence electrons. The summed E-state index contributed by atoms with van der Waals surface area (Å²) in [6.07, 6.45) is -14.6. The second-order valence-corrected chi connectivity index (χ2v) is 31.6. The summed E-state index contributed by atoms with van der Waals surface area (Å²) in [5.74, 6) is -16.1. The lowest BCUT2D eigenvalue weighted by atomic mass is 9.84. The third kappa shape index (κ3) is 20.1. The number of phenolic OH excluding ortho intramolecular Hbond substituents is 3. The number of phenols is 3. The van der Waals surface area contributed by atoms with Crippen molar-refractivity contribution in [2.75, 3.05) is 25.6 Å². The highest BCUT2D eigenvalue weighted by Gasteiger charge is 2.52. The predicted octanol–water partition coefficient (Wildman–Crippen LogP) is 3.76. The van der Waals surface area contributed by atoms with Crippen LogP contribution < -0.4 is 72.5 Å². The van der Waals surface area contributed by atoms with Crippen molar-refractivity contribution in [3.63, 3.8) is 0 Å². The number of hydrogen-bond donors (Lipinski definition) is 20. The van der Waals surface area contributed by atoms with Gasteiger partial charge in [0.2, 0.25) is 53.4 Å². The van der Waals surface area contributed by atoms with Crippen LogP contribution in [0.3, 0.4) is 0 Å². The number of pyridine rings is 1. The molecule has 39 heteroatoms. The summed E-state index contributed by atoms with van der Waals surface area (Å²) >= 11 is 14.3. The van der Waals surface area contributed by atoms with Gasteiger partial charge >= 0.3 is 5.97 Å². The maximum Gasteiger partial charge on any atom is 0.330 e. The second kappa shape index (κ2) is 38.2. The predicted molar refractivity (Wildman–Crippen MR) is 431 cm³/mol. The van der Waals surface area contributed by atoms with Crippen LogP contribution in [0.25, 0.3) is 11.1 Å². The van der Waals surface area contributed by atoms with Gasteiger partial charge < -0.3 is 138 Å². The molecule has 21 N–H and O–H groups in total. The Bertz CT molecular complexity index is 5130. The fourth-order valence-electron chi connectivity index (χ4n) is 14.8. The average molecular weight is 1730 g/mol. The summed E-state index contributed by atoms with van der Waals surface area (Å²) in [4.78, 5) is 136. The summed E-state index contributed by atoms with van der Waals surface area (Å²) in [5.41, 5.74) is 2.63. The van der Waals surface area contributed by atoms with E-state index in [1.54, 1.807) is 37.3 Å². The molecule has 6 aromatic carbocycles. The minimum Gasteiger partial charge on any atom is -0.508 e. The van der Waals surface area contributed by atoms with Gasteiger partial charge in [-0.1, -0.05) is 68.6 Å². The van der Waals surface area contributed by atoms with Gasteiger partial charge in [0.25, 0.3) is 5.91 Å². The van der Waals surface area contributed by atoms with Crippen LogP contribution in [0.5, 0.6) is 51.7 Å². The van der Waals surface area contributed by atoms with Crippen LogP contribution in [0.15, 0.2) is 122 Å². The second-order valence-electron chi connectivity index (χ2n) is 30.7. The van der Waals surface area contributed by atoms with Gasteiger partial charge in [0.1, 0.15) is 95.2 Å². The van der Waals surface area contributed by atoms with Gasteiger partial charge in [-0.2, -0.15) is 0 Å². The lowest BCUT2D eigenvalue weighted by molar-refractivity contribution is -0.334. The minimum atomic E-state index is -2.39. The Morgan fingerprint density at radius 3 is 1.99 bits per heavy atom. The van der Waals surface area contributed by atoms with Crippen LogP contribution in [-0.4, -0.2) is 208 Å². The van der Waals surface area contributed by atoms with E-state index in [-0.39, 0.29) is 58.3 Å². The van der Waals surface area contributed by atoms with Gasteiger partial charge in [0, 0.05) is 59.3 Å². The van der Waals surface area contributed by atoms with E-state index < -0.39 is 243 Å². The summed E-state index contributed by atoms with van der Waals surface area (Å²) in [6, 6.07) is 7.54. The molecule has 7 aromatic rings. The number of anilines is 1. The van der Waals surface area contributed by atoms with Gasteiger partial charge in [-0.25, -0.2) is 4.79 Å². The maximum absolute atomic E-state index is 16.2. The molecule has 7 aliphatic rings. The third-order valence-electron chi connectivity index (χ3n) is 21.4. The molecular weight excluding hydrogens is 1640 g/mol. The number of nitrogens with two attached hydrogens (primary N) is 1. The van der Waals surface area contributed by atoms with E-state index in [9.17, 15) is 79.8 Å². The number of aliphatic carboxylic acids is 1. The molecule has 0 radical (unpaired) electrons. The molecule has 8 amide bonds. The number of aromatic hydroxyl groups is 3. The number of carbonyl (C=O) groups excluding carboxylic acids is 8. The molecule has 0 spiro atoms. The fraction of sp³-hybridized carbons (Fsp3) is 0.398.